The lowest BCUT2D eigenvalue weighted by atomic mass is 9.79. The van der Waals surface area contributed by atoms with E-state index < -0.39 is 11.8 Å². The Morgan fingerprint density at radius 3 is 2.63 bits per heavy atom. The summed E-state index contributed by atoms with van der Waals surface area (Å²) in [5.41, 5.74) is 2.62. The molecule has 1 amide bonds. The second-order valence-electron chi connectivity index (χ2n) is 6.99. The van der Waals surface area contributed by atoms with E-state index in [-0.39, 0.29) is 5.91 Å². The number of fused-ring (bicyclic) bond motifs is 1. The van der Waals surface area contributed by atoms with Crippen LogP contribution in [-0.2, 0) is 0 Å². The predicted molar refractivity (Wildman–Crippen MR) is 112 cm³/mol. The minimum atomic E-state index is -0.612. The fraction of sp³-hybridized carbons (Fsp3) is 0.174. The van der Waals surface area contributed by atoms with Gasteiger partial charge in [0, 0.05) is 17.5 Å². The third kappa shape index (κ3) is 3.23. The Kier molecular flexibility index (Phi) is 4.87. The number of amides is 1. The van der Waals surface area contributed by atoms with Crippen LogP contribution in [-0.4, -0.2) is 16.6 Å². The summed E-state index contributed by atoms with van der Waals surface area (Å²) >= 11 is 0. The van der Waals surface area contributed by atoms with Gasteiger partial charge < -0.3 is 9.73 Å². The zero-order valence-corrected chi connectivity index (χ0v) is 16.4. The number of nitrogens with one attached hydrogen (secondary N) is 1. The van der Waals surface area contributed by atoms with Crippen molar-refractivity contribution in [1.29, 1.82) is 10.5 Å². The molecule has 2 unspecified atom stereocenters. The summed E-state index contributed by atoms with van der Waals surface area (Å²) in [6, 6.07) is 16.7. The Bertz CT molecular complexity index is 1290. The number of allylic oxidation sites excluding steroid dienone is 2. The molecule has 0 spiro atoms. The van der Waals surface area contributed by atoms with Crippen LogP contribution in [0.2, 0.25) is 0 Å². The highest BCUT2D eigenvalue weighted by atomic mass is 16.3. The molecule has 30 heavy (non-hydrogen) atoms. The standard InChI is InChI=1S/C23H17N5O2/c1-13-17(11-24)21(18(12-25)14(2)27-13)20-10-16-19(30-20)8-9-26-22(16)28-23(29)15-6-4-3-5-7-15/h3-10,17,21H,1-2H3,(H,26,28,29). The van der Waals surface area contributed by atoms with Gasteiger partial charge in [0.25, 0.3) is 5.91 Å². The maximum Gasteiger partial charge on any atom is 0.256 e. The molecule has 7 nitrogen and oxygen atoms in total. The molecule has 3 aromatic rings. The summed E-state index contributed by atoms with van der Waals surface area (Å²) in [7, 11) is 0. The maximum absolute atomic E-state index is 12.6. The fourth-order valence-electron chi connectivity index (χ4n) is 3.66. The van der Waals surface area contributed by atoms with Crippen molar-refractivity contribution in [2.24, 2.45) is 10.9 Å². The molecule has 1 aromatic carbocycles. The molecule has 0 aliphatic carbocycles. The molecule has 4 rings (SSSR count). The minimum Gasteiger partial charge on any atom is -0.460 e. The monoisotopic (exact) mass is 395 g/mol. The number of carbonyl (C=O) groups is 1. The summed E-state index contributed by atoms with van der Waals surface area (Å²) in [5, 5.41) is 22.8. The van der Waals surface area contributed by atoms with Gasteiger partial charge in [0.2, 0.25) is 0 Å². The van der Waals surface area contributed by atoms with Crippen LogP contribution in [0.1, 0.15) is 35.9 Å². The van der Waals surface area contributed by atoms with Gasteiger partial charge in [-0.2, -0.15) is 10.5 Å². The van der Waals surface area contributed by atoms with Crippen LogP contribution in [0.15, 0.2) is 69.3 Å². The molecule has 1 N–H and O–H groups in total. The third-order valence-corrected chi connectivity index (χ3v) is 5.13. The SMILES string of the molecule is CC1=NC(C)=C(C#N)C(c2cc3c(NC(=O)c4ccccc4)nccc3o2)C1C#N. The highest BCUT2D eigenvalue weighted by Gasteiger charge is 2.36. The van der Waals surface area contributed by atoms with E-state index in [1.165, 1.54) is 6.20 Å². The van der Waals surface area contributed by atoms with Crippen molar-refractivity contribution >= 4 is 28.4 Å². The van der Waals surface area contributed by atoms with Crippen LogP contribution in [0.4, 0.5) is 5.82 Å². The topological polar surface area (TPSA) is 115 Å². The van der Waals surface area contributed by atoms with Crippen molar-refractivity contribution < 1.29 is 9.21 Å². The average Bonchev–Trinajstić information content (AvgIpc) is 3.19. The number of pyridine rings is 1. The highest BCUT2D eigenvalue weighted by molar-refractivity contribution is 6.07. The van der Waals surface area contributed by atoms with E-state index in [1.54, 1.807) is 50.2 Å². The number of hydrogen-bond donors (Lipinski definition) is 1. The number of furan rings is 1. The molecule has 0 saturated heterocycles. The van der Waals surface area contributed by atoms with E-state index in [2.05, 4.69) is 27.4 Å². The molecule has 0 bridgehead atoms. The smallest absolute Gasteiger partial charge is 0.256 e. The number of rotatable bonds is 3. The molecule has 1 aliphatic heterocycles. The van der Waals surface area contributed by atoms with Crippen LogP contribution in [0, 0.1) is 28.6 Å². The summed E-state index contributed by atoms with van der Waals surface area (Å²) in [6.45, 7) is 3.52. The van der Waals surface area contributed by atoms with E-state index in [0.29, 0.717) is 45.1 Å². The van der Waals surface area contributed by atoms with Crippen molar-refractivity contribution in [2.45, 2.75) is 19.8 Å². The lowest BCUT2D eigenvalue weighted by molar-refractivity contribution is 0.102. The molecule has 7 heteroatoms. The number of benzene rings is 1. The number of aliphatic imine (C=N–C) groups is 1. The summed E-state index contributed by atoms with van der Waals surface area (Å²) < 4.78 is 6.01. The Hall–Kier alpha value is -4.23. The molecule has 2 atom stereocenters. The van der Waals surface area contributed by atoms with Crippen molar-refractivity contribution in [3.05, 3.63) is 71.3 Å². The first-order valence-electron chi connectivity index (χ1n) is 9.34. The number of nitriles is 2. The van der Waals surface area contributed by atoms with Crippen molar-refractivity contribution in [1.82, 2.24) is 4.98 Å². The average molecular weight is 395 g/mol. The van der Waals surface area contributed by atoms with Crippen LogP contribution in [0.5, 0.6) is 0 Å². The van der Waals surface area contributed by atoms with Gasteiger partial charge in [0.05, 0.1) is 40.6 Å². The van der Waals surface area contributed by atoms with E-state index in [1.807, 2.05) is 6.07 Å². The van der Waals surface area contributed by atoms with Gasteiger partial charge in [0.1, 0.15) is 17.2 Å². The van der Waals surface area contributed by atoms with Gasteiger partial charge in [-0.15, -0.1) is 0 Å². The van der Waals surface area contributed by atoms with E-state index >= 15 is 0 Å². The second kappa shape index (κ2) is 7.65. The van der Waals surface area contributed by atoms with Crippen molar-refractivity contribution in [3.8, 4) is 12.1 Å². The molecule has 146 valence electrons. The first-order valence-corrected chi connectivity index (χ1v) is 9.34. The summed E-state index contributed by atoms with van der Waals surface area (Å²) in [4.78, 5) is 21.2. The van der Waals surface area contributed by atoms with Crippen LogP contribution < -0.4 is 5.32 Å². The number of carbonyl (C=O) groups excluding carboxylic acids is 1. The first-order chi connectivity index (χ1) is 14.5. The number of aromatic nitrogens is 1. The van der Waals surface area contributed by atoms with E-state index in [9.17, 15) is 15.3 Å². The van der Waals surface area contributed by atoms with Crippen LogP contribution >= 0.6 is 0 Å². The molecule has 0 fully saturated rings. The zero-order valence-electron chi connectivity index (χ0n) is 16.4. The number of nitrogens with zero attached hydrogens (tertiary/aromatic N) is 4. The minimum absolute atomic E-state index is 0.289. The Balaban J connectivity index is 1.77. The molecule has 3 heterocycles. The molecular formula is C23H17N5O2. The van der Waals surface area contributed by atoms with Gasteiger partial charge in [-0.25, -0.2) is 4.98 Å². The maximum atomic E-state index is 12.6. The number of anilines is 1. The predicted octanol–water partition coefficient (Wildman–Crippen LogP) is 4.58. The molecule has 0 saturated carbocycles. The Morgan fingerprint density at radius 2 is 1.93 bits per heavy atom. The fourth-order valence-corrected chi connectivity index (χ4v) is 3.66. The summed E-state index contributed by atoms with van der Waals surface area (Å²) in [5.74, 6) is -0.653. The van der Waals surface area contributed by atoms with Crippen LogP contribution in [0.25, 0.3) is 11.0 Å². The quantitative estimate of drug-likeness (QED) is 0.697. The summed E-state index contributed by atoms with van der Waals surface area (Å²) in [6.07, 6.45) is 1.54. The van der Waals surface area contributed by atoms with E-state index in [4.69, 9.17) is 4.42 Å². The molecule has 0 radical (unpaired) electrons. The Morgan fingerprint density at radius 1 is 1.17 bits per heavy atom. The van der Waals surface area contributed by atoms with Gasteiger partial charge in [0.15, 0.2) is 0 Å². The number of hydrogen-bond acceptors (Lipinski definition) is 6. The zero-order chi connectivity index (χ0) is 21.3. The van der Waals surface area contributed by atoms with Gasteiger partial charge in [-0.1, -0.05) is 18.2 Å². The lowest BCUT2D eigenvalue weighted by Gasteiger charge is -2.24. The molecular weight excluding hydrogens is 378 g/mol. The second-order valence-corrected chi connectivity index (χ2v) is 6.99. The van der Waals surface area contributed by atoms with Crippen molar-refractivity contribution in [3.63, 3.8) is 0 Å². The normalized spacial score (nSPS) is 18.5. The lowest BCUT2D eigenvalue weighted by Crippen LogP contribution is -2.24. The largest absolute Gasteiger partial charge is 0.460 e. The van der Waals surface area contributed by atoms with Crippen LogP contribution in [0.3, 0.4) is 0 Å². The van der Waals surface area contributed by atoms with Gasteiger partial charge >= 0.3 is 0 Å². The van der Waals surface area contributed by atoms with E-state index in [0.717, 1.165) is 0 Å². The third-order valence-electron chi connectivity index (χ3n) is 5.13. The first kappa shape index (κ1) is 19.1. The van der Waals surface area contributed by atoms with Gasteiger partial charge in [-0.05, 0) is 38.1 Å². The highest BCUT2D eigenvalue weighted by Crippen LogP contribution is 2.41. The van der Waals surface area contributed by atoms with Crippen molar-refractivity contribution in [2.75, 3.05) is 5.32 Å². The van der Waals surface area contributed by atoms with Gasteiger partial charge in [-0.3, -0.25) is 9.79 Å². The Labute approximate surface area is 173 Å². The molecule has 1 aliphatic rings. The molecule has 2 aromatic heterocycles.